The zero-order chi connectivity index (χ0) is 28.6. The number of carbonyl (C=O) groups is 1. The van der Waals surface area contributed by atoms with Gasteiger partial charge in [-0.1, -0.05) is 77.3 Å². The van der Waals surface area contributed by atoms with Crippen molar-refractivity contribution in [1.82, 2.24) is 0 Å². The maximum atomic E-state index is 12.8. The minimum atomic E-state index is -0.516. The molecule has 1 aliphatic heterocycles. The number of rotatable bonds is 8. The second-order valence-electron chi connectivity index (χ2n) is 11.6. The predicted molar refractivity (Wildman–Crippen MR) is 157 cm³/mol. The molecule has 6 nitrogen and oxygen atoms in total. The largest absolute Gasteiger partial charge is 0.511 e. The van der Waals surface area contributed by atoms with Crippen LogP contribution in [0.5, 0.6) is 11.5 Å². The lowest BCUT2D eigenvalue weighted by Gasteiger charge is -2.27. The van der Waals surface area contributed by atoms with Gasteiger partial charge in [-0.25, -0.2) is 4.79 Å². The topological polar surface area (TPSA) is 96.2 Å². The van der Waals surface area contributed by atoms with Crippen LogP contribution in [-0.4, -0.2) is 40.6 Å². The first-order valence-corrected chi connectivity index (χ1v) is 14.8. The smallest absolute Gasteiger partial charge is 0.348 e. The molecule has 0 spiro atoms. The summed E-state index contributed by atoms with van der Waals surface area (Å²) in [5.74, 6) is 1.48. The SMILES string of the molecule is CC1CCCC1.Cc1cc(SC2=C(O)CC(CCc3ccc(O)cc3)OC2=O)c(C(C)(C)C)cc1OCCO. The molecular formula is C32H44O6S. The fourth-order valence-corrected chi connectivity index (χ4v) is 6.07. The van der Waals surface area contributed by atoms with Gasteiger partial charge in [-0.2, -0.15) is 0 Å². The highest BCUT2D eigenvalue weighted by Crippen LogP contribution is 2.42. The Bertz CT molecular complexity index is 1130. The Morgan fingerprint density at radius 2 is 1.74 bits per heavy atom. The minimum Gasteiger partial charge on any atom is -0.511 e. The van der Waals surface area contributed by atoms with E-state index in [0.717, 1.165) is 27.5 Å². The molecule has 1 atom stereocenters. The van der Waals surface area contributed by atoms with E-state index in [9.17, 15) is 15.0 Å². The molecule has 0 aromatic heterocycles. The fourth-order valence-electron chi connectivity index (χ4n) is 4.81. The molecule has 1 saturated carbocycles. The maximum Gasteiger partial charge on any atom is 0.348 e. The summed E-state index contributed by atoms with van der Waals surface area (Å²) in [5, 5.41) is 29.2. The van der Waals surface area contributed by atoms with Crippen molar-refractivity contribution in [1.29, 1.82) is 0 Å². The summed E-state index contributed by atoms with van der Waals surface area (Å²) in [5.41, 5.74) is 2.67. The number of aryl methyl sites for hydroxylation is 2. The van der Waals surface area contributed by atoms with Crippen molar-refractivity contribution in [2.24, 2.45) is 5.92 Å². The summed E-state index contributed by atoms with van der Waals surface area (Å²) in [7, 11) is 0. The van der Waals surface area contributed by atoms with Crippen molar-refractivity contribution in [3.63, 3.8) is 0 Å². The first-order chi connectivity index (χ1) is 18.5. The summed E-state index contributed by atoms with van der Waals surface area (Å²) in [6.45, 7) is 10.6. The van der Waals surface area contributed by atoms with E-state index < -0.39 is 12.1 Å². The van der Waals surface area contributed by atoms with Gasteiger partial charge < -0.3 is 24.8 Å². The Morgan fingerprint density at radius 1 is 1.08 bits per heavy atom. The van der Waals surface area contributed by atoms with E-state index >= 15 is 0 Å². The van der Waals surface area contributed by atoms with Crippen LogP contribution in [0.4, 0.5) is 0 Å². The molecule has 0 bridgehead atoms. The molecule has 0 saturated heterocycles. The molecule has 2 aliphatic rings. The normalized spacial score (nSPS) is 18.0. The Hall–Kier alpha value is -2.64. The van der Waals surface area contributed by atoms with E-state index in [-0.39, 0.29) is 41.5 Å². The van der Waals surface area contributed by atoms with E-state index in [1.54, 1.807) is 12.1 Å². The molecule has 1 heterocycles. The molecule has 1 unspecified atom stereocenters. The van der Waals surface area contributed by atoms with Crippen LogP contribution in [0.1, 0.15) is 82.9 Å². The number of esters is 1. The minimum absolute atomic E-state index is 0.0464. The van der Waals surface area contributed by atoms with Gasteiger partial charge in [-0.15, -0.1) is 0 Å². The molecule has 214 valence electrons. The number of phenolic OH excluding ortho intramolecular Hbond substituents is 1. The van der Waals surface area contributed by atoms with Crippen molar-refractivity contribution in [3.05, 3.63) is 63.8 Å². The highest BCUT2D eigenvalue weighted by molar-refractivity contribution is 8.04. The highest BCUT2D eigenvalue weighted by Gasteiger charge is 2.31. The third-order valence-corrected chi connectivity index (χ3v) is 8.29. The first kappa shape index (κ1) is 30.9. The van der Waals surface area contributed by atoms with Crippen LogP contribution < -0.4 is 4.74 Å². The van der Waals surface area contributed by atoms with Crippen molar-refractivity contribution in [3.8, 4) is 11.5 Å². The highest BCUT2D eigenvalue weighted by atomic mass is 32.2. The van der Waals surface area contributed by atoms with Gasteiger partial charge in [0.25, 0.3) is 0 Å². The average molecular weight is 557 g/mol. The van der Waals surface area contributed by atoms with Crippen LogP contribution in [0, 0.1) is 12.8 Å². The van der Waals surface area contributed by atoms with Crippen LogP contribution >= 0.6 is 11.8 Å². The van der Waals surface area contributed by atoms with Gasteiger partial charge in [-0.3, -0.25) is 0 Å². The quantitative estimate of drug-likeness (QED) is 0.292. The Morgan fingerprint density at radius 3 is 2.28 bits per heavy atom. The summed E-state index contributed by atoms with van der Waals surface area (Å²) in [6.07, 6.45) is 7.09. The molecule has 7 heteroatoms. The van der Waals surface area contributed by atoms with Gasteiger partial charge in [0.2, 0.25) is 0 Å². The number of aliphatic hydroxyl groups excluding tert-OH is 2. The van der Waals surface area contributed by atoms with Crippen LogP contribution in [-0.2, 0) is 21.4 Å². The van der Waals surface area contributed by atoms with Gasteiger partial charge >= 0.3 is 5.97 Å². The average Bonchev–Trinajstić information content (AvgIpc) is 3.36. The lowest BCUT2D eigenvalue weighted by atomic mass is 9.86. The van der Waals surface area contributed by atoms with Crippen molar-refractivity contribution < 1.29 is 29.6 Å². The molecule has 4 rings (SSSR count). The fraction of sp³-hybridized carbons (Fsp3) is 0.531. The third kappa shape index (κ3) is 9.21. The van der Waals surface area contributed by atoms with Gasteiger partial charge in [0.1, 0.15) is 34.9 Å². The molecular weight excluding hydrogens is 512 g/mol. The maximum absolute atomic E-state index is 12.8. The molecule has 1 aliphatic carbocycles. The number of benzene rings is 2. The number of carbonyl (C=O) groups excluding carboxylic acids is 1. The van der Waals surface area contributed by atoms with E-state index in [2.05, 4.69) is 27.7 Å². The molecule has 0 radical (unpaired) electrons. The van der Waals surface area contributed by atoms with Crippen molar-refractivity contribution in [2.75, 3.05) is 13.2 Å². The van der Waals surface area contributed by atoms with Crippen LogP contribution in [0.2, 0.25) is 0 Å². The van der Waals surface area contributed by atoms with Gasteiger partial charge in [0.15, 0.2) is 0 Å². The summed E-state index contributed by atoms with van der Waals surface area (Å²) in [6, 6.07) is 10.8. The molecule has 0 amide bonds. The van der Waals surface area contributed by atoms with E-state index in [4.69, 9.17) is 14.6 Å². The Labute approximate surface area is 237 Å². The number of cyclic esters (lactones) is 1. The Kier molecular flexibility index (Phi) is 11.2. The van der Waals surface area contributed by atoms with Crippen LogP contribution in [0.3, 0.4) is 0 Å². The molecule has 2 aromatic rings. The summed E-state index contributed by atoms with van der Waals surface area (Å²) < 4.78 is 11.3. The van der Waals surface area contributed by atoms with Crippen LogP contribution in [0.25, 0.3) is 0 Å². The molecule has 2 aromatic carbocycles. The Balaban J connectivity index is 0.000000617. The second-order valence-corrected chi connectivity index (χ2v) is 12.7. The molecule has 1 fully saturated rings. The van der Waals surface area contributed by atoms with E-state index in [1.165, 1.54) is 37.4 Å². The molecule has 3 N–H and O–H groups in total. The third-order valence-electron chi connectivity index (χ3n) is 7.12. The monoisotopic (exact) mass is 556 g/mol. The number of phenols is 1. The standard InChI is InChI=1S/C26H32O6S.C6H12/c1-16-13-23(20(26(2,3)4)15-22(16)31-12-11-27)33-24-21(29)14-19(32-25(24)30)10-7-17-5-8-18(28)9-6-17;1-6-4-2-3-5-6/h5-6,8-9,13,15,19,27-29H,7,10-12,14H2,1-4H3;6H,2-5H2,1H3. The number of ether oxygens (including phenoxy) is 2. The van der Waals surface area contributed by atoms with Crippen molar-refractivity contribution >= 4 is 17.7 Å². The van der Waals surface area contributed by atoms with E-state index in [1.807, 2.05) is 31.2 Å². The zero-order valence-electron chi connectivity index (χ0n) is 24.0. The first-order valence-electron chi connectivity index (χ1n) is 14.0. The van der Waals surface area contributed by atoms with Gasteiger partial charge in [-0.05, 0) is 72.1 Å². The van der Waals surface area contributed by atoms with Gasteiger partial charge in [0.05, 0.1) is 6.61 Å². The zero-order valence-corrected chi connectivity index (χ0v) is 24.8. The number of hydrogen-bond donors (Lipinski definition) is 3. The number of hydrogen-bond acceptors (Lipinski definition) is 7. The molecule has 39 heavy (non-hydrogen) atoms. The second kappa shape index (κ2) is 14.1. The number of aliphatic hydroxyl groups is 2. The van der Waals surface area contributed by atoms with Gasteiger partial charge in [0, 0.05) is 11.3 Å². The predicted octanol–water partition coefficient (Wildman–Crippen LogP) is 7.38. The lowest BCUT2D eigenvalue weighted by Crippen LogP contribution is -2.26. The number of thioether (sulfide) groups is 1. The van der Waals surface area contributed by atoms with Crippen LogP contribution in [0.15, 0.2) is 52.0 Å². The summed E-state index contributed by atoms with van der Waals surface area (Å²) >= 11 is 1.22. The lowest BCUT2D eigenvalue weighted by molar-refractivity contribution is -0.145. The van der Waals surface area contributed by atoms with E-state index in [0.29, 0.717) is 18.6 Å². The van der Waals surface area contributed by atoms with Crippen molar-refractivity contribution in [2.45, 2.75) is 96.0 Å². The summed E-state index contributed by atoms with van der Waals surface area (Å²) in [4.78, 5) is 13.9. The number of aromatic hydroxyl groups is 1.